The molecule has 0 aliphatic heterocycles. The molecule has 1 rings (SSSR count). The van der Waals surface area contributed by atoms with E-state index in [1.165, 1.54) is 6.92 Å². The van der Waals surface area contributed by atoms with E-state index in [1.54, 1.807) is 24.3 Å². The summed E-state index contributed by atoms with van der Waals surface area (Å²) >= 11 is 5.68. The number of nitrogens with two attached hydrogens (primary N) is 1. The van der Waals surface area contributed by atoms with E-state index in [0.717, 1.165) is 5.69 Å². The number of benzene rings is 1. The van der Waals surface area contributed by atoms with Crippen LogP contribution in [-0.4, -0.2) is 11.6 Å². The Morgan fingerprint density at radius 1 is 1.43 bits per heavy atom. The fourth-order valence-electron chi connectivity index (χ4n) is 0.728. The van der Waals surface area contributed by atoms with Crippen molar-refractivity contribution in [2.24, 2.45) is 10.8 Å². The smallest absolute Gasteiger partial charge is 0.196 e. The zero-order valence-electron chi connectivity index (χ0n) is 7.62. The molecular formula is C9H10ClN3O. The number of hydrazone groups is 1. The van der Waals surface area contributed by atoms with Crippen LogP contribution >= 0.6 is 11.6 Å². The number of Topliss-reactive ketones (excluding diaryl/α,β-unsaturated/α-hetero) is 1. The molecule has 0 bridgehead atoms. The second-order valence-corrected chi connectivity index (χ2v) is 3.11. The summed E-state index contributed by atoms with van der Waals surface area (Å²) in [5.74, 6) is -0.327. The van der Waals surface area contributed by atoms with Crippen LogP contribution in [0.1, 0.15) is 6.92 Å². The summed E-state index contributed by atoms with van der Waals surface area (Å²) in [5, 5.41) is 4.31. The van der Waals surface area contributed by atoms with Crippen molar-refractivity contribution in [3.8, 4) is 0 Å². The van der Waals surface area contributed by atoms with Gasteiger partial charge in [-0.15, -0.1) is 0 Å². The third-order valence-electron chi connectivity index (χ3n) is 1.51. The number of carbonyl (C=O) groups excluding carboxylic acids is 1. The highest BCUT2D eigenvalue weighted by molar-refractivity contribution is 6.37. The summed E-state index contributed by atoms with van der Waals surface area (Å²) in [5.41, 5.74) is 8.66. The SMILES string of the molecule is CC(=O)/C(N)=N\Nc1ccc(Cl)cc1. The van der Waals surface area contributed by atoms with Gasteiger partial charge in [0.15, 0.2) is 11.6 Å². The number of hydrogen-bond acceptors (Lipinski definition) is 3. The van der Waals surface area contributed by atoms with Crippen LogP contribution in [-0.2, 0) is 4.79 Å². The molecule has 4 nitrogen and oxygen atoms in total. The minimum Gasteiger partial charge on any atom is -0.379 e. The van der Waals surface area contributed by atoms with Gasteiger partial charge in [-0.05, 0) is 24.3 Å². The molecule has 0 spiro atoms. The molecule has 0 aliphatic carbocycles. The van der Waals surface area contributed by atoms with Gasteiger partial charge in [-0.2, -0.15) is 5.10 Å². The lowest BCUT2D eigenvalue weighted by Crippen LogP contribution is -2.22. The standard InChI is InChI=1S/C9H10ClN3O/c1-6(14)9(11)13-12-8-4-2-7(10)3-5-8/h2-5,12H,1H3,(H2,11,13). The number of anilines is 1. The normalized spacial score (nSPS) is 11.1. The van der Waals surface area contributed by atoms with E-state index in [0.29, 0.717) is 5.02 Å². The third kappa shape index (κ3) is 3.06. The van der Waals surface area contributed by atoms with Crippen LogP contribution in [0.15, 0.2) is 29.4 Å². The highest BCUT2D eigenvalue weighted by Crippen LogP contribution is 2.12. The topological polar surface area (TPSA) is 67.5 Å². The van der Waals surface area contributed by atoms with Crippen molar-refractivity contribution in [1.29, 1.82) is 0 Å². The Kier molecular flexibility index (Phi) is 3.48. The maximum absolute atomic E-state index is 10.7. The van der Waals surface area contributed by atoms with Gasteiger partial charge in [-0.1, -0.05) is 11.6 Å². The molecule has 0 fully saturated rings. The summed E-state index contributed by atoms with van der Waals surface area (Å²) in [7, 11) is 0. The minimum absolute atomic E-state index is 0.0556. The number of nitrogens with zero attached hydrogens (tertiary/aromatic N) is 1. The van der Waals surface area contributed by atoms with E-state index < -0.39 is 0 Å². The summed E-state index contributed by atoms with van der Waals surface area (Å²) in [6.45, 7) is 1.35. The van der Waals surface area contributed by atoms with Crippen LogP contribution in [0, 0.1) is 0 Å². The lowest BCUT2D eigenvalue weighted by atomic mass is 10.3. The Bertz CT molecular complexity index is 359. The Morgan fingerprint density at radius 2 is 2.00 bits per heavy atom. The monoisotopic (exact) mass is 211 g/mol. The molecule has 0 amide bonds. The van der Waals surface area contributed by atoms with Crippen LogP contribution in [0.5, 0.6) is 0 Å². The van der Waals surface area contributed by atoms with Crippen molar-refractivity contribution >= 4 is 28.9 Å². The lowest BCUT2D eigenvalue weighted by Gasteiger charge is -2.00. The zero-order chi connectivity index (χ0) is 10.6. The molecule has 1 aromatic rings. The molecule has 0 radical (unpaired) electrons. The number of ketones is 1. The van der Waals surface area contributed by atoms with Gasteiger partial charge in [-0.3, -0.25) is 10.2 Å². The fourth-order valence-corrected chi connectivity index (χ4v) is 0.854. The number of halogens is 1. The predicted octanol–water partition coefficient (Wildman–Crippen LogP) is 1.61. The van der Waals surface area contributed by atoms with Crippen LogP contribution in [0.3, 0.4) is 0 Å². The van der Waals surface area contributed by atoms with Gasteiger partial charge in [-0.25, -0.2) is 0 Å². The van der Waals surface area contributed by atoms with Gasteiger partial charge >= 0.3 is 0 Å². The molecule has 0 aliphatic rings. The number of amidine groups is 1. The van der Waals surface area contributed by atoms with E-state index in [4.69, 9.17) is 17.3 Å². The van der Waals surface area contributed by atoms with Gasteiger partial charge in [0.05, 0.1) is 5.69 Å². The molecule has 74 valence electrons. The molecular weight excluding hydrogens is 202 g/mol. The third-order valence-corrected chi connectivity index (χ3v) is 1.76. The number of carbonyl (C=O) groups is 1. The van der Waals surface area contributed by atoms with Crippen LogP contribution in [0.2, 0.25) is 5.02 Å². The molecule has 3 N–H and O–H groups in total. The average Bonchev–Trinajstić information content (AvgIpc) is 2.16. The highest BCUT2D eigenvalue weighted by atomic mass is 35.5. The second kappa shape index (κ2) is 4.62. The molecule has 0 atom stereocenters. The highest BCUT2D eigenvalue weighted by Gasteiger charge is 1.97. The van der Waals surface area contributed by atoms with Gasteiger partial charge in [0, 0.05) is 11.9 Å². The van der Waals surface area contributed by atoms with Crippen molar-refractivity contribution in [2.75, 3.05) is 5.43 Å². The number of rotatable bonds is 3. The fraction of sp³-hybridized carbons (Fsp3) is 0.111. The first-order chi connectivity index (χ1) is 6.59. The van der Waals surface area contributed by atoms with E-state index in [2.05, 4.69) is 10.5 Å². The Labute approximate surface area is 86.7 Å². The van der Waals surface area contributed by atoms with E-state index in [9.17, 15) is 4.79 Å². The van der Waals surface area contributed by atoms with E-state index in [-0.39, 0.29) is 11.6 Å². The molecule has 0 saturated heterocycles. The molecule has 1 aromatic carbocycles. The zero-order valence-corrected chi connectivity index (χ0v) is 8.38. The van der Waals surface area contributed by atoms with Gasteiger partial charge < -0.3 is 5.73 Å². The first-order valence-corrected chi connectivity index (χ1v) is 4.33. The van der Waals surface area contributed by atoms with Gasteiger partial charge in [0.1, 0.15) is 0 Å². The maximum atomic E-state index is 10.7. The number of hydrogen-bond donors (Lipinski definition) is 2. The predicted molar refractivity (Wildman–Crippen MR) is 57.4 cm³/mol. The second-order valence-electron chi connectivity index (χ2n) is 2.67. The Hall–Kier alpha value is -1.55. The summed E-state index contributed by atoms with van der Waals surface area (Å²) in [6.07, 6.45) is 0. The van der Waals surface area contributed by atoms with Gasteiger partial charge in [0.2, 0.25) is 0 Å². The van der Waals surface area contributed by atoms with Crippen molar-refractivity contribution in [1.82, 2.24) is 0 Å². The van der Waals surface area contributed by atoms with Gasteiger partial charge in [0.25, 0.3) is 0 Å². The Balaban J connectivity index is 2.66. The van der Waals surface area contributed by atoms with E-state index in [1.807, 2.05) is 0 Å². The van der Waals surface area contributed by atoms with Crippen molar-refractivity contribution in [2.45, 2.75) is 6.92 Å². The largest absolute Gasteiger partial charge is 0.379 e. The quantitative estimate of drug-likeness (QED) is 0.454. The van der Waals surface area contributed by atoms with Crippen molar-refractivity contribution in [3.05, 3.63) is 29.3 Å². The lowest BCUT2D eigenvalue weighted by molar-refractivity contribution is -0.111. The van der Waals surface area contributed by atoms with Crippen molar-refractivity contribution in [3.63, 3.8) is 0 Å². The Morgan fingerprint density at radius 3 is 2.50 bits per heavy atom. The summed E-state index contributed by atoms with van der Waals surface area (Å²) < 4.78 is 0. The number of nitrogens with one attached hydrogen (secondary N) is 1. The minimum atomic E-state index is -0.272. The molecule has 0 heterocycles. The summed E-state index contributed by atoms with van der Waals surface area (Å²) in [6, 6.07) is 6.89. The maximum Gasteiger partial charge on any atom is 0.196 e. The molecule has 14 heavy (non-hydrogen) atoms. The van der Waals surface area contributed by atoms with Crippen LogP contribution < -0.4 is 11.2 Å². The molecule has 5 heteroatoms. The first kappa shape index (κ1) is 10.5. The van der Waals surface area contributed by atoms with Crippen molar-refractivity contribution < 1.29 is 4.79 Å². The van der Waals surface area contributed by atoms with Crippen LogP contribution in [0.4, 0.5) is 5.69 Å². The molecule has 0 unspecified atom stereocenters. The molecule has 0 saturated carbocycles. The van der Waals surface area contributed by atoms with E-state index >= 15 is 0 Å². The average molecular weight is 212 g/mol. The van der Waals surface area contributed by atoms with Crippen LogP contribution in [0.25, 0.3) is 0 Å². The summed E-state index contributed by atoms with van der Waals surface area (Å²) in [4.78, 5) is 10.7. The first-order valence-electron chi connectivity index (χ1n) is 3.95. The molecule has 0 aromatic heterocycles.